The molecular weight excluding hydrogens is 241 g/mol. The number of aromatic amines is 1. The maximum Gasteiger partial charge on any atom is 0.126 e. The van der Waals surface area contributed by atoms with Gasteiger partial charge in [-0.1, -0.05) is 18.2 Å². The van der Waals surface area contributed by atoms with Crippen molar-refractivity contribution in [3.63, 3.8) is 0 Å². The molecule has 2 N–H and O–H groups in total. The van der Waals surface area contributed by atoms with Crippen molar-refractivity contribution in [2.45, 2.75) is 13.0 Å². The summed E-state index contributed by atoms with van der Waals surface area (Å²) < 4.78 is 13.5. The average molecular weight is 255 g/mol. The number of fused-ring (bicyclic) bond motifs is 1. The van der Waals surface area contributed by atoms with E-state index in [9.17, 15) is 9.50 Å². The predicted molar refractivity (Wildman–Crippen MR) is 73.5 cm³/mol. The first kappa shape index (κ1) is 11.9. The molecule has 1 atom stereocenters. The molecule has 0 aliphatic heterocycles. The quantitative estimate of drug-likeness (QED) is 0.719. The molecule has 0 radical (unpaired) electrons. The van der Waals surface area contributed by atoms with E-state index < -0.39 is 6.10 Å². The van der Waals surface area contributed by atoms with Gasteiger partial charge in [0.25, 0.3) is 0 Å². The molecule has 0 saturated heterocycles. The third-order valence-corrected chi connectivity index (χ3v) is 3.40. The van der Waals surface area contributed by atoms with Gasteiger partial charge in [-0.15, -0.1) is 0 Å². The van der Waals surface area contributed by atoms with Gasteiger partial charge in [0.2, 0.25) is 0 Å². The molecular formula is C16H14FNO. The number of benzene rings is 2. The summed E-state index contributed by atoms with van der Waals surface area (Å²) in [6.07, 6.45) is 1.04. The average Bonchev–Trinajstić information content (AvgIpc) is 2.88. The summed E-state index contributed by atoms with van der Waals surface area (Å²) in [5, 5.41) is 11.4. The lowest BCUT2D eigenvalue weighted by molar-refractivity contribution is 0.220. The Morgan fingerprint density at radius 3 is 2.58 bits per heavy atom. The smallest absolute Gasteiger partial charge is 0.126 e. The SMILES string of the molecule is Cc1ccc(C(O)c2ccc3[nH]ccc3c2)cc1F. The van der Waals surface area contributed by atoms with Gasteiger partial charge in [0, 0.05) is 11.7 Å². The molecule has 1 aromatic heterocycles. The van der Waals surface area contributed by atoms with Gasteiger partial charge in [-0.3, -0.25) is 0 Å². The number of aliphatic hydroxyl groups excluding tert-OH is 1. The van der Waals surface area contributed by atoms with E-state index in [4.69, 9.17) is 0 Å². The highest BCUT2D eigenvalue weighted by atomic mass is 19.1. The number of hydrogen-bond donors (Lipinski definition) is 2. The van der Waals surface area contributed by atoms with E-state index >= 15 is 0 Å². The highest BCUT2D eigenvalue weighted by molar-refractivity contribution is 5.80. The Morgan fingerprint density at radius 1 is 1.05 bits per heavy atom. The Kier molecular flexibility index (Phi) is 2.84. The van der Waals surface area contributed by atoms with Gasteiger partial charge < -0.3 is 10.1 Å². The van der Waals surface area contributed by atoms with Crippen LogP contribution in [0.2, 0.25) is 0 Å². The number of nitrogens with one attached hydrogen (secondary N) is 1. The number of H-pyrrole nitrogens is 1. The minimum absolute atomic E-state index is 0.292. The molecule has 3 heteroatoms. The van der Waals surface area contributed by atoms with E-state index in [2.05, 4.69) is 4.98 Å². The van der Waals surface area contributed by atoms with Crippen LogP contribution in [0.25, 0.3) is 10.9 Å². The molecule has 0 aliphatic carbocycles. The fourth-order valence-corrected chi connectivity index (χ4v) is 2.21. The van der Waals surface area contributed by atoms with Crippen LogP contribution in [0.15, 0.2) is 48.7 Å². The molecule has 0 bridgehead atoms. The fourth-order valence-electron chi connectivity index (χ4n) is 2.21. The Labute approximate surface area is 110 Å². The predicted octanol–water partition coefficient (Wildman–Crippen LogP) is 3.70. The summed E-state index contributed by atoms with van der Waals surface area (Å²) >= 11 is 0. The molecule has 3 aromatic rings. The Hall–Kier alpha value is -2.13. The van der Waals surface area contributed by atoms with E-state index in [0.29, 0.717) is 11.1 Å². The lowest BCUT2D eigenvalue weighted by atomic mass is 9.99. The van der Waals surface area contributed by atoms with Crippen molar-refractivity contribution in [2.24, 2.45) is 0 Å². The maximum atomic E-state index is 13.5. The van der Waals surface area contributed by atoms with Gasteiger partial charge in [0.05, 0.1) is 0 Å². The zero-order valence-electron chi connectivity index (χ0n) is 10.5. The molecule has 2 nitrogen and oxygen atoms in total. The molecule has 0 fully saturated rings. The molecule has 19 heavy (non-hydrogen) atoms. The van der Waals surface area contributed by atoms with Crippen molar-refractivity contribution in [3.05, 3.63) is 71.2 Å². The van der Waals surface area contributed by atoms with Crippen LogP contribution in [0.5, 0.6) is 0 Å². The number of aliphatic hydroxyl groups is 1. The van der Waals surface area contributed by atoms with Crippen molar-refractivity contribution in [3.8, 4) is 0 Å². The Balaban J connectivity index is 2.01. The van der Waals surface area contributed by atoms with E-state index in [1.54, 1.807) is 19.1 Å². The van der Waals surface area contributed by atoms with Crippen LogP contribution in [0.3, 0.4) is 0 Å². The molecule has 2 aromatic carbocycles. The second-order valence-electron chi connectivity index (χ2n) is 4.74. The summed E-state index contributed by atoms with van der Waals surface area (Å²) in [5.41, 5.74) is 2.93. The van der Waals surface area contributed by atoms with Crippen molar-refractivity contribution in [1.29, 1.82) is 0 Å². The van der Waals surface area contributed by atoms with Gasteiger partial charge in [-0.2, -0.15) is 0 Å². The van der Waals surface area contributed by atoms with Crippen LogP contribution in [-0.2, 0) is 0 Å². The Bertz CT molecular complexity index is 732. The number of rotatable bonds is 2. The van der Waals surface area contributed by atoms with Crippen molar-refractivity contribution in [1.82, 2.24) is 4.98 Å². The van der Waals surface area contributed by atoms with E-state index in [-0.39, 0.29) is 5.82 Å². The van der Waals surface area contributed by atoms with E-state index in [0.717, 1.165) is 16.5 Å². The van der Waals surface area contributed by atoms with Crippen LogP contribution in [0, 0.1) is 12.7 Å². The zero-order valence-corrected chi connectivity index (χ0v) is 10.5. The molecule has 96 valence electrons. The lowest BCUT2D eigenvalue weighted by Gasteiger charge is -2.12. The number of hydrogen-bond acceptors (Lipinski definition) is 1. The molecule has 1 heterocycles. The fraction of sp³-hybridized carbons (Fsp3) is 0.125. The van der Waals surface area contributed by atoms with Gasteiger partial charge in [-0.05, 0) is 53.3 Å². The topological polar surface area (TPSA) is 36.0 Å². The summed E-state index contributed by atoms with van der Waals surface area (Å²) in [6.45, 7) is 1.71. The van der Waals surface area contributed by atoms with Gasteiger partial charge in [0.1, 0.15) is 11.9 Å². The second-order valence-corrected chi connectivity index (χ2v) is 4.74. The molecule has 0 spiro atoms. The highest BCUT2D eigenvalue weighted by Gasteiger charge is 2.12. The first-order valence-electron chi connectivity index (χ1n) is 6.16. The van der Waals surface area contributed by atoms with Crippen LogP contribution >= 0.6 is 0 Å². The third kappa shape index (κ3) is 2.13. The molecule has 0 aliphatic rings. The minimum atomic E-state index is -0.811. The maximum absolute atomic E-state index is 13.5. The van der Waals surface area contributed by atoms with E-state index in [1.165, 1.54) is 6.07 Å². The van der Waals surface area contributed by atoms with Crippen molar-refractivity contribution >= 4 is 10.9 Å². The zero-order chi connectivity index (χ0) is 13.4. The van der Waals surface area contributed by atoms with Gasteiger partial charge >= 0.3 is 0 Å². The first-order valence-corrected chi connectivity index (χ1v) is 6.16. The van der Waals surface area contributed by atoms with Crippen LogP contribution in [-0.4, -0.2) is 10.1 Å². The third-order valence-electron chi connectivity index (χ3n) is 3.40. The van der Waals surface area contributed by atoms with E-state index in [1.807, 2.05) is 30.5 Å². The number of halogens is 1. The van der Waals surface area contributed by atoms with Crippen LogP contribution in [0.4, 0.5) is 4.39 Å². The molecule has 3 rings (SSSR count). The first-order chi connectivity index (χ1) is 9.15. The molecule has 0 saturated carbocycles. The van der Waals surface area contributed by atoms with Crippen LogP contribution < -0.4 is 0 Å². The molecule has 1 unspecified atom stereocenters. The van der Waals surface area contributed by atoms with Gasteiger partial charge in [0.15, 0.2) is 0 Å². The lowest BCUT2D eigenvalue weighted by Crippen LogP contribution is -2.00. The standard InChI is InChI=1S/C16H14FNO/c1-10-2-3-13(9-14(10)17)16(19)12-4-5-15-11(8-12)6-7-18-15/h2-9,16,18-19H,1H3. The second kappa shape index (κ2) is 4.52. The largest absolute Gasteiger partial charge is 0.384 e. The summed E-state index contributed by atoms with van der Waals surface area (Å²) in [5.74, 6) is -0.292. The normalized spacial score (nSPS) is 12.8. The summed E-state index contributed by atoms with van der Waals surface area (Å²) in [6, 6.07) is 12.4. The Morgan fingerprint density at radius 2 is 1.79 bits per heavy atom. The highest BCUT2D eigenvalue weighted by Crippen LogP contribution is 2.26. The van der Waals surface area contributed by atoms with Crippen molar-refractivity contribution in [2.75, 3.05) is 0 Å². The van der Waals surface area contributed by atoms with Crippen molar-refractivity contribution < 1.29 is 9.50 Å². The minimum Gasteiger partial charge on any atom is -0.384 e. The molecule has 0 amide bonds. The number of aryl methyl sites for hydroxylation is 1. The van der Waals surface area contributed by atoms with Crippen LogP contribution in [0.1, 0.15) is 22.8 Å². The number of aromatic nitrogens is 1. The van der Waals surface area contributed by atoms with Gasteiger partial charge in [-0.25, -0.2) is 4.39 Å². The summed E-state index contributed by atoms with van der Waals surface area (Å²) in [4.78, 5) is 3.10. The summed E-state index contributed by atoms with van der Waals surface area (Å²) in [7, 11) is 0. The monoisotopic (exact) mass is 255 g/mol.